The average Bonchev–Trinajstić information content (AvgIpc) is 3.09. The van der Waals surface area contributed by atoms with Gasteiger partial charge in [0.2, 0.25) is 6.79 Å². The highest BCUT2D eigenvalue weighted by Gasteiger charge is 2.16. The van der Waals surface area contributed by atoms with E-state index in [0.717, 1.165) is 6.42 Å². The van der Waals surface area contributed by atoms with Gasteiger partial charge in [0.1, 0.15) is 5.69 Å². The summed E-state index contributed by atoms with van der Waals surface area (Å²) in [6.07, 6.45) is 2.26. The van der Waals surface area contributed by atoms with Crippen molar-refractivity contribution in [1.29, 1.82) is 0 Å². The van der Waals surface area contributed by atoms with E-state index in [9.17, 15) is 9.59 Å². The molecule has 2 amide bonds. The lowest BCUT2D eigenvalue weighted by Gasteiger charge is -2.11. The van der Waals surface area contributed by atoms with E-state index in [1.807, 2.05) is 13.8 Å². The second kappa shape index (κ2) is 7.21. The van der Waals surface area contributed by atoms with Crippen LogP contribution in [0.1, 0.15) is 41.1 Å². The van der Waals surface area contributed by atoms with Crippen LogP contribution in [-0.2, 0) is 0 Å². The van der Waals surface area contributed by atoms with Gasteiger partial charge in [-0.1, -0.05) is 6.92 Å². The van der Waals surface area contributed by atoms with E-state index < -0.39 is 0 Å². The molecule has 0 fully saturated rings. The summed E-state index contributed by atoms with van der Waals surface area (Å²) in [7, 11) is 0. The molecule has 0 aliphatic carbocycles. The highest BCUT2D eigenvalue weighted by Crippen LogP contribution is 2.34. The first-order valence-electron chi connectivity index (χ1n) is 8.04. The number of amides is 2. The topological polar surface area (TPSA) is 89.6 Å². The standard InChI is InChI=1S/C18H19N3O4/c1-3-11(2)20-18(23)14-8-12(6-7-19-14)17(22)21-13-4-5-15-16(9-13)25-10-24-15/h4-9,11H,3,10H2,1-2H3,(H,20,23)(H,21,22). The van der Waals surface area contributed by atoms with Crippen LogP contribution in [0.4, 0.5) is 5.69 Å². The van der Waals surface area contributed by atoms with Crippen LogP contribution in [-0.4, -0.2) is 29.6 Å². The minimum absolute atomic E-state index is 0.0421. The fourth-order valence-corrected chi connectivity index (χ4v) is 2.27. The Morgan fingerprint density at radius 2 is 1.96 bits per heavy atom. The molecule has 7 heteroatoms. The number of anilines is 1. The lowest BCUT2D eigenvalue weighted by molar-refractivity contribution is 0.0934. The monoisotopic (exact) mass is 341 g/mol. The van der Waals surface area contributed by atoms with E-state index in [-0.39, 0.29) is 30.3 Å². The van der Waals surface area contributed by atoms with Crippen molar-refractivity contribution in [2.45, 2.75) is 26.3 Å². The predicted octanol–water partition coefficient (Wildman–Crippen LogP) is 2.59. The van der Waals surface area contributed by atoms with Crippen LogP contribution in [0.3, 0.4) is 0 Å². The molecule has 1 atom stereocenters. The number of hydrogen-bond donors (Lipinski definition) is 2. The van der Waals surface area contributed by atoms with Crippen LogP contribution in [0.25, 0.3) is 0 Å². The predicted molar refractivity (Wildman–Crippen MR) is 92.0 cm³/mol. The number of benzene rings is 1. The summed E-state index contributed by atoms with van der Waals surface area (Å²) in [4.78, 5) is 28.6. The molecule has 130 valence electrons. The number of fused-ring (bicyclic) bond motifs is 1. The van der Waals surface area contributed by atoms with Crippen molar-refractivity contribution >= 4 is 17.5 Å². The molecule has 0 saturated carbocycles. The molecule has 7 nitrogen and oxygen atoms in total. The molecule has 1 aromatic heterocycles. The van der Waals surface area contributed by atoms with E-state index in [1.54, 1.807) is 24.3 Å². The Labute approximate surface area is 145 Å². The first kappa shape index (κ1) is 16.8. The van der Waals surface area contributed by atoms with E-state index in [2.05, 4.69) is 15.6 Å². The van der Waals surface area contributed by atoms with Crippen molar-refractivity contribution in [2.24, 2.45) is 0 Å². The van der Waals surface area contributed by atoms with Crippen molar-refractivity contribution in [3.8, 4) is 11.5 Å². The summed E-state index contributed by atoms with van der Waals surface area (Å²) in [5.41, 5.74) is 1.14. The van der Waals surface area contributed by atoms with Crippen molar-refractivity contribution < 1.29 is 19.1 Å². The molecule has 2 heterocycles. The third kappa shape index (κ3) is 3.88. The molecular formula is C18H19N3O4. The van der Waals surface area contributed by atoms with Gasteiger partial charge in [0.15, 0.2) is 11.5 Å². The minimum Gasteiger partial charge on any atom is -0.454 e. The number of nitrogens with one attached hydrogen (secondary N) is 2. The highest BCUT2D eigenvalue weighted by atomic mass is 16.7. The second-order valence-corrected chi connectivity index (χ2v) is 5.73. The van der Waals surface area contributed by atoms with Crippen LogP contribution >= 0.6 is 0 Å². The zero-order valence-corrected chi connectivity index (χ0v) is 14.0. The number of pyridine rings is 1. The van der Waals surface area contributed by atoms with Crippen molar-refractivity contribution in [3.63, 3.8) is 0 Å². The number of hydrogen-bond acceptors (Lipinski definition) is 5. The van der Waals surface area contributed by atoms with Gasteiger partial charge in [0.05, 0.1) is 0 Å². The number of carbonyl (C=O) groups is 2. The molecule has 25 heavy (non-hydrogen) atoms. The lowest BCUT2D eigenvalue weighted by Crippen LogP contribution is -2.32. The average molecular weight is 341 g/mol. The summed E-state index contributed by atoms with van der Waals surface area (Å²) >= 11 is 0. The van der Waals surface area contributed by atoms with Gasteiger partial charge in [0, 0.05) is 29.6 Å². The lowest BCUT2D eigenvalue weighted by atomic mass is 10.2. The Kier molecular flexibility index (Phi) is 4.83. The molecule has 2 N–H and O–H groups in total. The Morgan fingerprint density at radius 1 is 1.16 bits per heavy atom. The molecule has 1 aromatic carbocycles. The molecule has 1 aliphatic rings. The van der Waals surface area contributed by atoms with Crippen molar-refractivity contribution in [3.05, 3.63) is 47.8 Å². The molecule has 2 aromatic rings. The number of rotatable bonds is 5. The number of ether oxygens (including phenoxy) is 2. The van der Waals surface area contributed by atoms with Gasteiger partial charge >= 0.3 is 0 Å². The zero-order chi connectivity index (χ0) is 17.8. The van der Waals surface area contributed by atoms with E-state index >= 15 is 0 Å². The maximum absolute atomic E-state index is 12.4. The van der Waals surface area contributed by atoms with Gasteiger partial charge < -0.3 is 20.1 Å². The van der Waals surface area contributed by atoms with Crippen LogP contribution in [0, 0.1) is 0 Å². The van der Waals surface area contributed by atoms with Gasteiger partial charge in [-0.3, -0.25) is 14.6 Å². The van der Waals surface area contributed by atoms with E-state index in [4.69, 9.17) is 9.47 Å². The largest absolute Gasteiger partial charge is 0.454 e. The normalized spacial score (nSPS) is 13.2. The van der Waals surface area contributed by atoms with Gasteiger partial charge in [-0.05, 0) is 37.6 Å². The van der Waals surface area contributed by atoms with Crippen LogP contribution in [0.2, 0.25) is 0 Å². The highest BCUT2D eigenvalue weighted by molar-refractivity contribution is 6.05. The first-order chi connectivity index (χ1) is 12.1. The third-order valence-electron chi connectivity index (χ3n) is 3.88. The maximum Gasteiger partial charge on any atom is 0.270 e. The minimum atomic E-state index is -0.334. The summed E-state index contributed by atoms with van der Waals surface area (Å²) in [5.74, 6) is 0.595. The number of aromatic nitrogens is 1. The maximum atomic E-state index is 12.4. The Balaban J connectivity index is 1.72. The summed E-state index contributed by atoms with van der Waals surface area (Å²) < 4.78 is 10.5. The summed E-state index contributed by atoms with van der Waals surface area (Å²) in [5, 5.41) is 5.60. The Morgan fingerprint density at radius 3 is 2.76 bits per heavy atom. The SMILES string of the molecule is CCC(C)NC(=O)c1cc(C(=O)Nc2ccc3c(c2)OCO3)ccn1. The van der Waals surface area contributed by atoms with Crippen LogP contribution < -0.4 is 20.1 Å². The summed E-state index contributed by atoms with van der Waals surface area (Å²) in [6.45, 7) is 4.06. The van der Waals surface area contributed by atoms with Crippen molar-refractivity contribution in [2.75, 3.05) is 12.1 Å². The molecule has 0 bridgehead atoms. The van der Waals surface area contributed by atoms with Gasteiger partial charge in [-0.15, -0.1) is 0 Å². The first-order valence-corrected chi connectivity index (χ1v) is 8.04. The molecule has 0 radical (unpaired) electrons. The van der Waals surface area contributed by atoms with E-state index in [1.165, 1.54) is 12.3 Å². The summed E-state index contributed by atoms with van der Waals surface area (Å²) in [6, 6.07) is 8.22. The van der Waals surface area contributed by atoms with Gasteiger partial charge in [-0.2, -0.15) is 0 Å². The van der Waals surface area contributed by atoms with Crippen LogP contribution in [0.15, 0.2) is 36.5 Å². The third-order valence-corrected chi connectivity index (χ3v) is 3.88. The van der Waals surface area contributed by atoms with Gasteiger partial charge in [0.25, 0.3) is 11.8 Å². The Hall–Kier alpha value is -3.09. The molecule has 1 unspecified atom stereocenters. The second-order valence-electron chi connectivity index (χ2n) is 5.73. The Bertz CT molecular complexity index is 807. The molecular weight excluding hydrogens is 322 g/mol. The molecule has 0 spiro atoms. The fraction of sp³-hybridized carbons (Fsp3) is 0.278. The zero-order valence-electron chi connectivity index (χ0n) is 14.0. The molecule has 1 aliphatic heterocycles. The quantitative estimate of drug-likeness (QED) is 0.872. The van der Waals surface area contributed by atoms with Crippen molar-refractivity contribution in [1.82, 2.24) is 10.3 Å². The fourth-order valence-electron chi connectivity index (χ4n) is 2.27. The van der Waals surface area contributed by atoms with E-state index in [0.29, 0.717) is 22.7 Å². The van der Waals surface area contributed by atoms with Gasteiger partial charge in [-0.25, -0.2) is 0 Å². The molecule has 3 rings (SSSR count). The smallest absolute Gasteiger partial charge is 0.270 e. The number of carbonyl (C=O) groups excluding carboxylic acids is 2. The molecule has 0 saturated heterocycles. The number of nitrogens with zero attached hydrogens (tertiary/aromatic N) is 1. The van der Waals surface area contributed by atoms with Crippen LogP contribution in [0.5, 0.6) is 11.5 Å².